The molecule has 0 unspecified atom stereocenters. The van der Waals surface area contributed by atoms with Gasteiger partial charge in [0.05, 0.1) is 7.18 Å². The van der Waals surface area contributed by atoms with Crippen LogP contribution in [0.5, 0.6) is 0 Å². The lowest BCUT2D eigenvalue weighted by Gasteiger charge is -2.09. The molecule has 0 spiro atoms. The lowest BCUT2D eigenvalue weighted by atomic mass is 9.98. The molecule has 2 aromatic carbocycles. The average Bonchev–Trinajstić information content (AvgIpc) is 2.67. The summed E-state index contributed by atoms with van der Waals surface area (Å²) in [5.41, 5.74) is 1.27. The van der Waals surface area contributed by atoms with Crippen molar-refractivity contribution in [1.82, 2.24) is 0 Å². The zero-order chi connectivity index (χ0) is 21.6. The summed E-state index contributed by atoms with van der Waals surface area (Å²) in [4.78, 5) is 0. The van der Waals surface area contributed by atoms with Gasteiger partial charge in [0.15, 0.2) is 11.6 Å². The molecule has 0 aliphatic heterocycles. The van der Waals surface area contributed by atoms with Gasteiger partial charge in [-0.05, 0) is 43.4 Å². The molecule has 2 aromatic rings. The molecule has 0 saturated carbocycles. The molecule has 0 saturated heterocycles. The van der Waals surface area contributed by atoms with Crippen LogP contribution in [0.3, 0.4) is 0 Å². The molecule has 152 valence electrons. The number of alkyl halides is 1. The van der Waals surface area contributed by atoms with Crippen molar-refractivity contribution in [2.75, 3.05) is 7.18 Å². The summed E-state index contributed by atoms with van der Waals surface area (Å²) >= 11 is 0. The minimum Gasteiger partial charge on any atom is -0.255 e. The van der Waals surface area contributed by atoms with Gasteiger partial charge in [-0.15, -0.1) is 6.58 Å². The summed E-state index contributed by atoms with van der Waals surface area (Å²) in [6.07, 6.45) is 2.67. The summed E-state index contributed by atoms with van der Waals surface area (Å²) in [5.74, 6) is -2.33. The van der Waals surface area contributed by atoms with Crippen LogP contribution in [-0.2, 0) is 6.42 Å². The second-order valence-corrected chi connectivity index (χ2v) is 5.86. The Kier molecular flexibility index (Phi) is 15.1. The smallest absolute Gasteiger partial charge is 0.167 e. The van der Waals surface area contributed by atoms with Crippen LogP contribution in [0.1, 0.15) is 45.7 Å². The topological polar surface area (TPSA) is 0 Å². The number of rotatable bonds is 3. The number of halogens is 4. The van der Waals surface area contributed by atoms with Gasteiger partial charge in [-0.3, -0.25) is 4.39 Å². The number of benzene rings is 2. The van der Waals surface area contributed by atoms with Gasteiger partial charge >= 0.3 is 0 Å². The Morgan fingerprint density at radius 3 is 1.81 bits per heavy atom. The standard InChI is InChI=1S/C17H17F3.C3H6.C2H6.CH3F/c1-10(2)8-12-4-6-13(7-5-12)14-9-15(18)11(3)16(19)17(14)20;1-3-2;2*1-2/h4-7,9-10H,8H2,1-3H3;3H,1H2,2H3;1-2H3;1H3. The molecule has 0 radical (unpaired) electrons. The molecule has 0 aromatic heterocycles. The van der Waals surface area contributed by atoms with Gasteiger partial charge in [-0.2, -0.15) is 0 Å². The third-order valence-electron chi connectivity index (χ3n) is 3.30. The molecule has 27 heavy (non-hydrogen) atoms. The Balaban J connectivity index is 0. The summed E-state index contributed by atoms with van der Waals surface area (Å²) in [6.45, 7) is 14.7. The fraction of sp³-hybridized carbons (Fsp3) is 0.391. The first-order chi connectivity index (χ1) is 12.8. The molecule has 0 aliphatic carbocycles. The first-order valence-corrected chi connectivity index (χ1v) is 9.00. The minimum absolute atomic E-state index is 0.0401. The Labute approximate surface area is 161 Å². The zero-order valence-corrected chi connectivity index (χ0v) is 17.5. The lowest BCUT2D eigenvalue weighted by Crippen LogP contribution is -1.98. The highest BCUT2D eigenvalue weighted by Gasteiger charge is 2.16. The van der Waals surface area contributed by atoms with E-state index in [0.717, 1.165) is 18.1 Å². The van der Waals surface area contributed by atoms with Crippen LogP contribution in [0, 0.1) is 30.3 Å². The van der Waals surface area contributed by atoms with Crippen LogP contribution in [0.15, 0.2) is 43.0 Å². The molecule has 0 N–H and O–H groups in total. The van der Waals surface area contributed by atoms with Crippen molar-refractivity contribution in [1.29, 1.82) is 0 Å². The summed E-state index contributed by atoms with van der Waals surface area (Å²) in [5, 5.41) is 0. The van der Waals surface area contributed by atoms with Gasteiger partial charge in [-0.1, -0.05) is 58.0 Å². The molecule has 0 bridgehead atoms. The predicted molar refractivity (Wildman–Crippen MR) is 109 cm³/mol. The highest BCUT2D eigenvalue weighted by Crippen LogP contribution is 2.28. The van der Waals surface area contributed by atoms with Gasteiger partial charge in [0.2, 0.25) is 0 Å². The quantitative estimate of drug-likeness (QED) is 0.285. The van der Waals surface area contributed by atoms with Crippen molar-refractivity contribution in [3.05, 3.63) is 71.6 Å². The van der Waals surface area contributed by atoms with E-state index in [-0.39, 0.29) is 11.1 Å². The molecule has 2 rings (SSSR count). The number of hydrogen-bond donors (Lipinski definition) is 0. The van der Waals surface area contributed by atoms with Crippen LogP contribution in [0.4, 0.5) is 17.6 Å². The van der Waals surface area contributed by atoms with Crippen LogP contribution < -0.4 is 0 Å². The van der Waals surface area contributed by atoms with E-state index in [9.17, 15) is 17.6 Å². The van der Waals surface area contributed by atoms with Crippen molar-refractivity contribution < 1.29 is 17.6 Å². The summed E-state index contributed by atoms with van der Waals surface area (Å²) in [6, 6.07) is 8.18. The van der Waals surface area contributed by atoms with Crippen LogP contribution >= 0.6 is 0 Å². The largest absolute Gasteiger partial charge is 0.255 e. The normalized spacial score (nSPS) is 9.19. The number of hydrogen-bond acceptors (Lipinski definition) is 0. The van der Waals surface area contributed by atoms with Crippen molar-refractivity contribution >= 4 is 0 Å². The summed E-state index contributed by atoms with van der Waals surface area (Å²) < 4.78 is 50.5. The van der Waals surface area contributed by atoms with Crippen LogP contribution in [0.25, 0.3) is 11.1 Å². The fourth-order valence-corrected chi connectivity index (χ4v) is 2.19. The molecule has 0 atom stereocenters. The maximum Gasteiger partial charge on any atom is 0.167 e. The maximum absolute atomic E-state index is 13.9. The second kappa shape index (κ2) is 15.0. The average molecular weight is 385 g/mol. The first-order valence-electron chi connectivity index (χ1n) is 9.00. The second-order valence-electron chi connectivity index (χ2n) is 5.86. The maximum atomic E-state index is 13.9. The van der Waals surface area contributed by atoms with Gasteiger partial charge in [-0.25, -0.2) is 13.2 Å². The Hall–Kier alpha value is -2.10. The van der Waals surface area contributed by atoms with Gasteiger partial charge in [0.1, 0.15) is 5.82 Å². The van der Waals surface area contributed by atoms with E-state index in [1.165, 1.54) is 6.92 Å². The van der Waals surface area contributed by atoms with E-state index >= 15 is 0 Å². The van der Waals surface area contributed by atoms with Crippen molar-refractivity contribution in [3.8, 4) is 11.1 Å². The molecule has 0 heterocycles. The van der Waals surface area contributed by atoms with E-state index in [1.807, 2.05) is 32.9 Å². The van der Waals surface area contributed by atoms with E-state index in [0.29, 0.717) is 18.7 Å². The third kappa shape index (κ3) is 8.89. The molecule has 0 amide bonds. The van der Waals surface area contributed by atoms with Gasteiger partial charge in [0.25, 0.3) is 0 Å². The zero-order valence-electron chi connectivity index (χ0n) is 17.5. The Morgan fingerprint density at radius 2 is 1.41 bits per heavy atom. The molecular weight excluding hydrogens is 352 g/mol. The van der Waals surface area contributed by atoms with E-state index < -0.39 is 17.5 Å². The number of allylic oxidation sites excluding steroid dienone is 1. The van der Waals surface area contributed by atoms with Crippen LogP contribution in [0.2, 0.25) is 0 Å². The molecule has 4 heteroatoms. The van der Waals surface area contributed by atoms with Gasteiger partial charge in [0, 0.05) is 11.1 Å². The monoisotopic (exact) mass is 384 g/mol. The molecule has 0 nitrogen and oxygen atoms in total. The summed E-state index contributed by atoms with van der Waals surface area (Å²) in [7, 11) is 0.500. The lowest BCUT2D eigenvalue weighted by molar-refractivity contribution is 0.489. The molecular formula is C23H32F4. The highest BCUT2D eigenvalue weighted by atomic mass is 19.2. The van der Waals surface area contributed by atoms with Crippen LogP contribution in [-0.4, -0.2) is 7.18 Å². The molecule has 0 fully saturated rings. The predicted octanol–water partition coefficient (Wildman–Crippen LogP) is 8.08. The van der Waals surface area contributed by atoms with Crippen molar-refractivity contribution in [2.24, 2.45) is 5.92 Å². The molecule has 0 aliphatic rings. The first kappa shape index (κ1) is 27.1. The Bertz CT molecular complexity index is 659. The fourth-order valence-electron chi connectivity index (χ4n) is 2.19. The van der Waals surface area contributed by atoms with Gasteiger partial charge < -0.3 is 0 Å². The van der Waals surface area contributed by atoms with E-state index in [2.05, 4.69) is 20.4 Å². The minimum atomic E-state index is -1.12. The third-order valence-corrected chi connectivity index (χ3v) is 3.30. The Morgan fingerprint density at radius 1 is 0.963 bits per heavy atom. The highest BCUT2D eigenvalue weighted by molar-refractivity contribution is 5.65. The SMILES string of the molecule is C=CC.CC.CF.Cc1c(F)cc(-c2ccc(CC(C)C)cc2)c(F)c1F. The van der Waals surface area contributed by atoms with Crippen molar-refractivity contribution in [3.63, 3.8) is 0 Å². The van der Waals surface area contributed by atoms with Crippen molar-refractivity contribution in [2.45, 2.75) is 48.0 Å². The van der Waals surface area contributed by atoms with E-state index in [4.69, 9.17) is 0 Å². The van der Waals surface area contributed by atoms with E-state index in [1.54, 1.807) is 18.2 Å².